The molecule has 0 aromatic carbocycles. The number of thioether (sulfide) groups is 2. The summed E-state index contributed by atoms with van der Waals surface area (Å²) in [6.45, 7) is 11.4. The van der Waals surface area contributed by atoms with E-state index in [0.29, 0.717) is 19.4 Å². The topological polar surface area (TPSA) is 785 Å². The molecule has 1 aromatic heterocycles. The smallest absolute Gasteiger partial charge is 0.307 e. The van der Waals surface area contributed by atoms with Crippen LogP contribution in [-0.2, 0) is 119 Å². The zero-order valence-electron chi connectivity index (χ0n) is 82.9. The molecule has 1 amide bonds. The van der Waals surface area contributed by atoms with Crippen LogP contribution >= 0.6 is 34.9 Å². The number of aliphatic hydroxyl groups is 20. The average Bonchev–Trinajstić information content (AvgIpc) is 1.55. The Balaban J connectivity index is 0.000000422. The Hall–Kier alpha value is -4.56. The number of aliphatic hydroxyl groups excluding tert-OH is 20. The van der Waals surface area contributed by atoms with Gasteiger partial charge in [0.05, 0.1) is 130 Å². The first-order valence-corrected chi connectivity index (χ1v) is 52.6. The summed E-state index contributed by atoms with van der Waals surface area (Å²) < 4.78 is 105. The fourth-order valence-corrected chi connectivity index (χ4v) is 22.0. The molecule has 23 aliphatic heterocycles. The van der Waals surface area contributed by atoms with E-state index >= 15 is 0 Å². The van der Waals surface area contributed by atoms with Gasteiger partial charge >= 0.3 is 17.9 Å². The maximum atomic E-state index is 13.9. The summed E-state index contributed by atoms with van der Waals surface area (Å²) in [5.41, 5.74) is 5.88. The van der Waals surface area contributed by atoms with Crippen LogP contribution in [0.15, 0.2) is 11.0 Å². The molecule has 50 nitrogen and oxygen atoms in total. The molecular formula is C93H151N3O47S3. The number of aromatic nitrogens is 1. The predicted molar refractivity (Wildman–Crippen MR) is 502 cm³/mol. The molecule has 53 heteroatoms. The molecule has 23 aliphatic rings. The van der Waals surface area contributed by atoms with Gasteiger partial charge in [0.1, 0.15) is 182 Å². The molecule has 0 aliphatic carbocycles. The number of hydrogen-bond acceptors (Lipinski definition) is 50. The van der Waals surface area contributed by atoms with E-state index in [-0.39, 0.29) is 117 Å². The van der Waals surface area contributed by atoms with Crippen molar-refractivity contribution in [2.75, 3.05) is 89.0 Å². The minimum Gasteiger partial charge on any atom is -0.481 e. The number of ether oxygens (including phenoxy) is 18. The van der Waals surface area contributed by atoms with Crippen LogP contribution in [-0.4, -0.2) is 492 Å². The first kappa shape index (κ1) is 123. The van der Waals surface area contributed by atoms with Crippen LogP contribution in [0.2, 0.25) is 0 Å². The van der Waals surface area contributed by atoms with E-state index in [4.69, 9.17) is 91.0 Å². The van der Waals surface area contributed by atoms with Gasteiger partial charge in [0.2, 0.25) is 5.91 Å². The molecule has 25 N–H and O–H groups in total. The molecule has 24 rings (SSSR count). The lowest BCUT2D eigenvalue weighted by Gasteiger charge is -2.50. The molecule has 44 atom stereocenters. The Morgan fingerprint density at radius 1 is 0.514 bits per heavy atom. The molecular weight excluding hydrogens is 2010 g/mol. The monoisotopic (exact) mass is 2160 g/mol. The number of aliphatic carboxylic acids is 2. The SMILES string of the molecule is C/C(=C\c1csc(C)n1)[C@@H]1C[C@@H]2O[C@]2(C)CCC[C@H](C)[C@H](O)[C@@H](C)C(=O)C(C)(C)[C@@H](OC(=O)CCCCCN)CC(=O)N1.CCC(CSCC1O[C@@H]2O[C@@H]3C(CO)O[C@H](O[C@@H]4C(CO)O[C@H](O[C@@H]5C(CO)O[C@H](O[C@@H]6C(CSCC(CC(=O)CCOCCOCCC(C)=O)C(=O)O)O[C@H](O[C@@H]7C(CO)O[C@@H](O[C@@H]8C(CO)O[C@H](O[C@H]1[C@H](O)C2O)C(O)[C@H]8O)C(O)[C@H]7O)C(O)[C@H]6O)C(O)[C@H]5O)C(O)[C@H]4O)C(O)[C@H]3O)C(=O)O. The summed E-state index contributed by atoms with van der Waals surface area (Å²) in [4.78, 5) is 93.8. The molecule has 14 bridgehead atoms. The number of Topliss-reactive ketones (excluding diaryl/α,β-unsaturated/α-hetero) is 3. The number of carbonyl (C=O) groups is 7. The number of unbranched alkanes of at least 4 members (excludes halogenated alkanes) is 2. The number of carbonyl (C=O) groups excluding carboxylic acids is 5. The van der Waals surface area contributed by atoms with Crippen LogP contribution < -0.4 is 11.1 Å². The Morgan fingerprint density at radius 2 is 0.890 bits per heavy atom. The molecule has 1 aromatic rings. The van der Waals surface area contributed by atoms with E-state index in [2.05, 4.69) is 17.2 Å². The van der Waals surface area contributed by atoms with Gasteiger partial charge in [0.25, 0.3) is 0 Å². The number of nitrogens with zero attached hydrogens (tertiary/aromatic N) is 1. The number of epoxide rings is 1. The standard InChI is InChI=1S/C60H98O41S2.C33H53N3O6S/c1-3-21(52(82)83)16-102-18-29-50-36(73)43(80)59(93-29)98-48-27(14-64)89-55(39(76)32(48)69)95-45-24(11-61)88-54(38(75)31(45)68)96-46-26(13-63)92-58(42(79)35(46)72)101-51-30(19-103-17-22(53(84)85)10-23(67)5-7-87-9-8-86-6-4-20(2)66)94-60(44(81)37(51)74)99-49-28(15-65)90-56(40(77)33(49)70)97-47-25(12-62)91-57(100-50)41(78)34(47)71;1-20-12-11-14-33(7)27(42-33)17-25(21(2)16-24-19-43-23(4)35-24)36-28(37)18-26(41-29(38)13-9-8-10-15-34)32(5,6)31(40)22(3)30(20)39/h21-22,24-51,54-65,68-81H,3-19H2,1-2H3,(H,82,83)(H,84,85);16,19-20,22,25-27,30,39H,8-15,17-18,34H2,1-7H3,(H,36,37)/b;21-16+/t21?,22?,24?,25?,26?,27?,28?,29?,30?,31-,32-,33-,34-,35-,36-,37-,38?,39?,40?,41?,42?,43?,44?,45-,46-,47-,48-,49-,50-,51-,54-,55-,56+,57-,58-,59-,60-;20-,22+,25-,26-,27-,30-,33+/m10/s1. The van der Waals surface area contributed by atoms with Gasteiger partial charge in [-0.15, -0.1) is 11.3 Å². The highest BCUT2D eigenvalue weighted by Gasteiger charge is 2.62. The number of nitrogens with one attached hydrogen (secondary N) is 1. The summed E-state index contributed by atoms with van der Waals surface area (Å²) in [6, 6.07) is -0.319. The molecule has 24 heterocycles. The third-order valence-corrected chi connectivity index (χ3v) is 31.4. The van der Waals surface area contributed by atoms with E-state index < -0.39 is 319 Å². The van der Waals surface area contributed by atoms with Crippen LogP contribution in [0, 0.1) is 36.0 Å². The molecule has 0 radical (unpaired) electrons. The molecule has 146 heavy (non-hydrogen) atoms. The molecule has 16 unspecified atom stereocenters. The number of hydrogen-bond donors (Lipinski definition) is 24. The van der Waals surface area contributed by atoms with Crippen molar-refractivity contribution in [3.05, 3.63) is 21.7 Å². The first-order chi connectivity index (χ1) is 69.2. The van der Waals surface area contributed by atoms with Crippen molar-refractivity contribution in [3.63, 3.8) is 0 Å². The van der Waals surface area contributed by atoms with Gasteiger partial charge in [-0.1, -0.05) is 33.6 Å². The number of carboxylic acid groups (broad SMARTS) is 2. The number of thiazole rings is 1. The molecule has 0 spiro atoms. The Morgan fingerprint density at radius 3 is 1.25 bits per heavy atom. The van der Waals surface area contributed by atoms with E-state index in [9.17, 15) is 146 Å². The van der Waals surface area contributed by atoms with Gasteiger partial charge in [-0.2, -0.15) is 23.5 Å². The van der Waals surface area contributed by atoms with Crippen molar-refractivity contribution >= 4 is 82.1 Å². The largest absolute Gasteiger partial charge is 0.481 e. The average molecular weight is 2160 g/mol. The number of rotatable bonds is 35. The van der Waals surface area contributed by atoms with Crippen molar-refractivity contribution < 1.29 is 231 Å². The fourth-order valence-electron chi connectivity index (χ4n) is 18.9. The molecule has 23 fully saturated rings. The van der Waals surface area contributed by atoms with Crippen LogP contribution in [0.25, 0.3) is 6.08 Å². The van der Waals surface area contributed by atoms with Crippen molar-refractivity contribution in [2.45, 2.75) is 391 Å². The first-order valence-electron chi connectivity index (χ1n) is 49.4. The Kier molecular flexibility index (Phi) is 48.3. The quantitative estimate of drug-likeness (QED) is 0.0171. The van der Waals surface area contributed by atoms with E-state index in [1.54, 1.807) is 39.0 Å². The lowest BCUT2D eigenvalue weighted by Crippen LogP contribution is -2.68. The summed E-state index contributed by atoms with van der Waals surface area (Å²) >= 11 is 3.30. The normalized spacial score (nSPS) is 41.2. The number of nitrogens with two attached hydrogens (primary N) is 1. The van der Waals surface area contributed by atoms with Gasteiger partial charge < -0.3 is 209 Å². The Labute approximate surface area is 855 Å². The van der Waals surface area contributed by atoms with E-state index in [0.717, 1.165) is 71.9 Å². The summed E-state index contributed by atoms with van der Waals surface area (Å²) in [6.07, 6.45) is -67.3. The lowest BCUT2D eigenvalue weighted by molar-refractivity contribution is -0.395. The van der Waals surface area contributed by atoms with Crippen molar-refractivity contribution in [1.29, 1.82) is 0 Å². The highest BCUT2D eigenvalue weighted by molar-refractivity contribution is 7.99. The Bertz CT molecular complexity index is 4250. The molecule has 0 saturated carbocycles. The summed E-state index contributed by atoms with van der Waals surface area (Å²) in [5.74, 6) is -8.52. The fraction of sp³-hybridized carbons (Fsp3) is 0.871. The van der Waals surface area contributed by atoms with E-state index in [1.165, 1.54) is 6.92 Å². The molecule has 838 valence electrons. The highest BCUT2D eigenvalue weighted by atomic mass is 32.2. The highest BCUT2D eigenvalue weighted by Crippen LogP contribution is 2.47. The summed E-state index contributed by atoms with van der Waals surface area (Å²) in [5, 5.41) is 254. The number of ketones is 3. The second-order valence-electron chi connectivity index (χ2n) is 39.5. The van der Waals surface area contributed by atoms with Gasteiger partial charge in [0.15, 0.2) is 44.0 Å². The predicted octanol–water partition coefficient (Wildman–Crippen LogP) is -6.46. The van der Waals surface area contributed by atoms with E-state index in [1.807, 2.05) is 32.2 Å². The lowest BCUT2D eigenvalue weighted by atomic mass is 9.72. The number of carboxylic acids is 2. The van der Waals surface area contributed by atoms with Gasteiger partial charge in [-0.05, 0) is 97.8 Å². The van der Waals surface area contributed by atoms with Crippen molar-refractivity contribution in [2.24, 2.45) is 34.8 Å². The van der Waals surface area contributed by atoms with Crippen LogP contribution in [0.3, 0.4) is 0 Å². The zero-order valence-corrected chi connectivity index (χ0v) is 85.3. The second-order valence-corrected chi connectivity index (χ2v) is 42.7. The van der Waals surface area contributed by atoms with Crippen LogP contribution in [0.1, 0.15) is 150 Å². The third-order valence-electron chi connectivity index (χ3n) is 28.2. The minimum atomic E-state index is -2.31. The maximum absolute atomic E-state index is 13.9. The number of fused-ring (bicyclic) bond motifs is 1. The van der Waals surface area contributed by atoms with Crippen LogP contribution in [0.4, 0.5) is 0 Å². The summed E-state index contributed by atoms with van der Waals surface area (Å²) in [7, 11) is 0. The van der Waals surface area contributed by atoms with Crippen LogP contribution in [0.5, 0.6) is 0 Å². The van der Waals surface area contributed by atoms with Gasteiger partial charge in [0, 0.05) is 66.4 Å². The second kappa shape index (κ2) is 57.2. The molecule has 23 saturated heterocycles. The van der Waals surface area contributed by atoms with Crippen molar-refractivity contribution in [3.8, 4) is 0 Å². The zero-order chi connectivity index (χ0) is 107. The number of esters is 1. The number of aryl methyl sites for hydroxylation is 1. The maximum Gasteiger partial charge on any atom is 0.307 e. The minimum absolute atomic E-state index is 0.0226. The van der Waals surface area contributed by atoms with Gasteiger partial charge in [-0.3, -0.25) is 33.6 Å². The van der Waals surface area contributed by atoms with Gasteiger partial charge in [-0.25, -0.2) is 4.98 Å². The third kappa shape index (κ3) is 31.9. The van der Waals surface area contributed by atoms with Crippen molar-refractivity contribution in [1.82, 2.24) is 10.3 Å². The number of amides is 1.